The summed E-state index contributed by atoms with van der Waals surface area (Å²) in [5.41, 5.74) is 2.79. The summed E-state index contributed by atoms with van der Waals surface area (Å²) in [6.07, 6.45) is 0. The molecule has 7 heteroatoms. The molecule has 0 saturated carbocycles. The number of hydrogen-bond donors (Lipinski definition) is 2. The summed E-state index contributed by atoms with van der Waals surface area (Å²) in [7, 11) is -3.04. The summed E-state index contributed by atoms with van der Waals surface area (Å²) in [5.74, 6) is 0. The number of anilines is 4. The zero-order valence-corrected chi connectivity index (χ0v) is 20.8. The standard InChI is InChI=1S/C28H28N4O2Si/c1-35(2,31(25-19-11-5-12-20-25)27(33)29-23-15-7-3-8-16-23)32(26-21-13-6-14-22-26)28(34)30-24-17-9-4-10-18-24/h3-22H,1-2H3,(H,29,33)(H,30,34). The van der Waals surface area contributed by atoms with E-state index in [1.54, 1.807) is 9.13 Å². The second-order valence-electron chi connectivity index (χ2n) is 8.43. The van der Waals surface area contributed by atoms with E-state index in [2.05, 4.69) is 10.6 Å². The molecular formula is C28H28N4O2Si. The van der Waals surface area contributed by atoms with Crippen molar-refractivity contribution in [3.05, 3.63) is 121 Å². The third-order valence-corrected chi connectivity index (χ3v) is 8.69. The van der Waals surface area contributed by atoms with Crippen LogP contribution in [0.2, 0.25) is 13.1 Å². The van der Waals surface area contributed by atoms with E-state index in [1.165, 1.54) is 0 Å². The van der Waals surface area contributed by atoms with Gasteiger partial charge in [-0.1, -0.05) is 72.8 Å². The molecule has 4 rings (SSSR count). The van der Waals surface area contributed by atoms with Gasteiger partial charge in [0.1, 0.15) is 0 Å². The van der Waals surface area contributed by atoms with Gasteiger partial charge in [-0.25, -0.2) is 9.59 Å². The minimum atomic E-state index is -3.04. The van der Waals surface area contributed by atoms with Crippen LogP contribution in [0.5, 0.6) is 0 Å². The van der Waals surface area contributed by atoms with Gasteiger partial charge in [0.25, 0.3) is 8.40 Å². The highest BCUT2D eigenvalue weighted by molar-refractivity contribution is 6.90. The summed E-state index contributed by atoms with van der Waals surface area (Å²) < 4.78 is 3.47. The average molecular weight is 481 g/mol. The third kappa shape index (κ3) is 5.59. The van der Waals surface area contributed by atoms with Crippen LogP contribution in [0.25, 0.3) is 0 Å². The van der Waals surface area contributed by atoms with Crippen molar-refractivity contribution < 1.29 is 9.59 Å². The fourth-order valence-corrected chi connectivity index (χ4v) is 6.89. The molecule has 4 aromatic carbocycles. The second kappa shape index (κ2) is 10.7. The molecule has 0 unspecified atom stereocenters. The van der Waals surface area contributed by atoms with E-state index in [1.807, 2.05) is 134 Å². The van der Waals surface area contributed by atoms with Crippen LogP contribution in [0, 0.1) is 0 Å². The van der Waals surface area contributed by atoms with Crippen molar-refractivity contribution in [3.8, 4) is 0 Å². The normalized spacial score (nSPS) is 10.8. The molecule has 0 aliphatic heterocycles. The maximum Gasteiger partial charge on any atom is 0.319 e. The minimum absolute atomic E-state index is 0.299. The molecule has 0 atom stereocenters. The van der Waals surface area contributed by atoms with Gasteiger partial charge in [-0.2, -0.15) is 0 Å². The molecule has 0 aliphatic carbocycles. The molecule has 0 aromatic heterocycles. The van der Waals surface area contributed by atoms with E-state index in [4.69, 9.17) is 0 Å². The molecule has 4 amide bonds. The highest BCUT2D eigenvalue weighted by atomic mass is 28.3. The van der Waals surface area contributed by atoms with Gasteiger partial charge in [-0.3, -0.25) is 0 Å². The fourth-order valence-electron chi connectivity index (χ4n) is 4.02. The topological polar surface area (TPSA) is 64.7 Å². The second-order valence-corrected chi connectivity index (χ2v) is 12.3. The van der Waals surface area contributed by atoms with Crippen molar-refractivity contribution >= 4 is 43.2 Å². The van der Waals surface area contributed by atoms with Crippen LogP contribution in [-0.2, 0) is 0 Å². The van der Waals surface area contributed by atoms with Crippen molar-refractivity contribution in [2.45, 2.75) is 13.1 Å². The molecule has 0 aliphatic rings. The highest BCUT2D eigenvalue weighted by Crippen LogP contribution is 2.30. The van der Waals surface area contributed by atoms with Gasteiger partial charge in [0, 0.05) is 22.7 Å². The van der Waals surface area contributed by atoms with E-state index < -0.39 is 8.40 Å². The van der Waals surface area contributed by atoms with Crippen molar-refractivity contribution in [2.24, 2.45) is 0 Å². The zero-order chi connectivity index (χ0) is 24.7. The fraction of sp³-hybridized carbons (Fsp3) is 0.0714. The summed E-state index contributed by atoms with van der Waals surface area (Å²) in [6, 6.07) is 36.9. The molecular weight excluding hydrogens is 452 g/mol. The number of para-hydroxylation sites is 4. The largest absolute Gasteiger partial charge is 0.319 e. The molecule has 2 N–H and O–H groups in total. The number of benzene rings is 4. The molecule has 0 spiro atoms. The Kier molecular flexibility index (Phi) is 7.28. The Morgan fingerprint density at radius 3 is 1.11 bits per heavy atom. The van der Waals surface area contributed by atoms with Crippen LogP contribution in [0.3, 0.4) is 0 Å². The Bertz CT molecular complexity index is 1150. The van der Waals surface area contributed by atoms with E-state index >= 15 is 0 Å². The van der Waals surface area contributed by atoms with E-state index in [0.717, 1.165) is 0 Å². The molecule has 0 radical (unpaired) electrons. The molecule has 0 saturated heterocycles. The first-order valence-corrected chi connectivity index (χ1v) is 14.3. The first kappa shape index (κ1) is 23.8. The van der Waals surface area contributed by atoms with Crippen molar-refractivity contribution in [1.82, 2.24) is 0 Å². The van der Waals surface area contributed by atoms with Crippen LogP contribution in [0.1, 0.15) is 0 Å². The van der Waals surface area contributed by atoms with Crippen LogP contribution in [-0.4, -0.2) is 20.5 Å². The van der Waals surface area contributed by atoms with E-state index in [9.17, 15) is 9.59 Å². The van der Waals surface area contributed by atoms with Gasteiger partial charge in [0.2, 0.25) is 0 Å². The SMILES string of the molecule is C[Si](C)(N(C(=O)Nc1ccccc1)c1ccccc1)N(C(=O)Nc1ccccc1)c1ccccc1. The van der Waals surface area contributed by atoms with Gasteiger partial charge in [0.05, 0.1) is 0 Å². The zero-order valence-electron chi connectivity index (χ0n) is 19.8. The number of rotatable bonds is 6. The van der Waals surface area contributed by atoms with Gasteiger partial charge in [-0.05, 0) is 61.6 Å². The molecule has 0 fully saturated rings. The average Bonchev–Trinajstić information content (AvgIpc) is 2.86. The Morgan fingerprint density at radius 2 is 0.800 bits per heavy atom. The number of nitrogens with one attached hydrogen (secondary N) is 2. The Hall–Kier alpha value is -4.36. The summed E-state index contributed by atoms with van der Waals surface area (Å²) in [6.45, 7) is 3.98. The maximum absolute atomic E-state index is 13.8. The minimum Gasteiger partial charge on any atom is -0.308 e. The number of nitrogens with zero attached hydrogens (tertiary/aromatic N) is 2. The van der Waals surface area contributed by atoms with Gasteiger partial charge in [-0.15, -0.1) is 0 Å². The van der Waals surface area contributed by atoms with Crippen molar-refractivity contribution in [3.63, 3.8) is 0 Å². The number of carbonyl (C=O) groups is 2. The van der Waals surface area contributed by atoms with Crippen molar-refractivity contribution in [2.75, 3.05) is 19.8 Å². The van der Waals surface area contributed by atoms with E-state index in [0.29, 0.717) is 22.7 Å². The molecule has 4 aromatic rings. The molecule has 35 heavy (non-hydrogen) atoms. The summed E-state index contributed by atoms with van der Waals surface area (Å²) in [5, 5.41) is 6.01. The number of urea groups is 2. The Labute approximate surface area is 207 Å². The predicted molar refractivity (Wildman–Crippen MR) is 146 cm³/mol. The Balaban J connectivity index is 1.77. The lowest BCUT2D eigenvalue weighted by Crippen LogP contribution is -2.67. The summed E-state index contributed by atoms with van der Waals surface area (Å²) >= 11 is 0. The predicted octanol–water partition coefficient (Wildman–Crippen LogP) is 7.17. The van der Waals surface area contributed by atoms with Crippen LogP contribution in [0.15, 0.2) is 121 Å². The van der Waals surface area contributed by atoms with Gasteiger partial charge in [0.15, 0.2) is 0 Å². The molecule has 176 valence electrons. The number of amides is 4. The maximum atomic E-state index is 13.8. The smallest absolute Gasteiger partial charge is 0.308 e. The quantitative estimate of drug-likeness (QED) is 0.287. The summed E-state index contributed by atoms with van der Waals surface area (Å²) in [4.78, 5) is 27.5. The first-order valence-electron chi connectivity index (χ1n) is 11.4. The van der Waals surface area contributed by atoms with Gasteiger partial charge >= 0.3 is 12.1 Å². The van der Waals surface area contributed by atoms with Crippen LogP contribution >= 0.6 is 0 Å². The number of hydrogen-bond acceptors (Lipinski definition) is 2. The van der Waals surface area contributed by atoms with Crippen LogP contribution < -0.4 is 19.8 Å². The third-order valence-electron chi connectivity index (χ3n) is 5.58. The first-order chi connectivity index (χ1) is 17.0. The lowest BCUT2D eigenvalue weighted by atomic mass is 10.3. The highest BCUT2D eigenvalue weighted by Gasteiger charge is 2.44. The molecule has 0 heterocycles. The molecule has 6 nitrogen and oxygen atoms in total. The monoisotopic (exact) mass is 480 g/mol. The van der Waals surface area contributed by atoms with E-state index in [-0.39, 0.29) is 12.1 Å². The number of carbonyl (C=O) groups excluding carboxylic acids is 2. The lowest BCUT2D eigenvalue weighted by Gasteiger charge is -2.44. The van der Waals surface area contributed by atoms with Crippen LogP contribution in [0.4, 0.5) is 32.3 Å². The van der Waals surface area contributed by atoms with Crippen molar-refractivity contribution in [1.29, 1.82) is 0 Å². The van der Waals surface area contributed by atoms with Gasteiger partial charge < -0.3 is 19.8 Å². The Morgan fingerprint density at radius 1 is 0.514 bits per heavy atom. The lowest BCUT2D eigenvalue weighted by molar-refractivity contribution is 0.258. The molecule has 0 bridgehead atoms.